The van der Waals surface area contributed by atoms with Crippen molar-refractivity contribution in [1.29, 1.82) is 0 Å². The molecule has 2 aliphatic heterocycles. The van der Waals surface area contributed by atoms with Crippen molar-refractivity contribution in [3.63, 3.8) is 0 Å². The topological polar surface area (TPSA) is 40.6 Å². The van der Waals surface area contributed by atoms with Crippen molar-refractivity contribution >= 4 is 23.4 Å². The molecule has 2 fully saturated rings. The minimum atomic E-state index is -0.156. The fourth-order valence-corrected chi connectivity index (χ4v) is 3.58. The molecule has 0 saturated carbocycles. The molecule has 2 saturated heterocycles. The molecule has 2 atom stereocenters. The molecule has 2 heterocycles. The van der Waals surface area contributed by atoms with E-state index in [0.717, 1.165) is 31.4 Å². The molecule has 2 aliphatic rings. The fourth-order valence-electron chi connectivity index (χ4n) is 3.45. The first-order valence-electron chi connectivity index (χ1n) is 7.86. The van der Waals surface area contributed by atoms with Gasteiger partial charge in [0.2, 0.25) is 11.8 Å². The van der Waals surface area contributed by atoms with Gasteiger partial charge in [0.1, 0.15) is 0 Å². The third kappa shape index (κ3) is 2.98. The van der Waals surface area contributed by atoms with E-state index in [4.69, 9.17) is 11.6 Å². The smallest absolute Gasteiger partial charge is 0.226 e. The molecule has 22 heavy (non-hydrogen) atoms. The number of likely N-dealkylation sites (tertiary alicyclic amines) is 2. The number of amides is 2. The molecule has 4 nitrogen and oxygen atoms in total. The highest BCUT2D eigenvalue weighted by Crippen LogP contribution is 2.35. The summed E-state index contributed by atoms with van der Waals surface area (Å²) in [6, 6.07) is 7.87. The molecule has 0 bridgehead atoms. The number of hydrogen-bond acceptors (Lipinski definition) is 2. The van der Waals surface area contributed by atoms with Crippen LogP contribution in [0.3, 0.4) is 0 Å². The summed E-state index contributed by atoms with van der Waals surface area (Å²) in [6.07, 6.45) is 3.11. The van der Waals surface area contributed by atoms with Crippen molar-refractivity contribution in [2.24, 2.45) is 5.92 Å². The van der Waals surface area contributed by atoms with Gasteiger partial charge in [-0.2, -0.15) is 0 Å². The lowest BCUT2D eigenvalue weighted by Crippen LogP contribution is -2.43. The first kappa shape index (κ1) is 15.3. The van der Waals surface area contributed by atoms with Gasteiger partial charge in [-0.05, 0) is 37.0 Å². The van der Waals surface area contributed by atoms with Gasteiger partial charge in [-0.25, -0.2) is 0 Å². The van der Waals surface area contributed by atoms with Gasteiger partial charge in [0, 0.05) is 37.5 Å². The zero-order valence-corrected chi connectivity index (χ0v) is 13.6. The molecule has 3 rings (SSSR count). The minimum absolute atomic E-state index is 0.0758. The molecule has 0 unspecified atom stereocenters. The van der Waals surface area contributed by atoms with Crippen LogP contribution in [-0.2, 0) is 9.59 Å². The quantitative estimate of drug-likeness (QED) is 0.840. The Morgan fingerprint density at radius 3 is 2.59 bits per heavy atom. The van der Waals surface area contributed by atoms with Gasteiger partial charge in [-0.15, -0.1) is 0 Å². The molecule has 2 amide bonds. The first-order valence-corrected chi connectivity index (χ1v) is 8.24. The molecule has 0 aliphatic carbocycles. The van der Waals surface area contributed by atoms with Crippen LogP contribution in [0.15, 0.2) is 24.3 Å². The van der Waals surface area contributed by atoms with Crippen LogP contribution in [0.5, 0.6) is 0 Å². The number of nitrogens with zero attached hydrogens (tertiary/aromatic N) is 2. The van der Waals surface area contributed by atoms with Crippen LogP contribution in [0.25, 0.3) is 0 Å². The van der Waals surface area contributed by atoms with E-state index in [9.17, 15) is 9.59 Å². The van der Waals surface area contributed by atoms with Crippen molar-refractivity contribution in [2.45, 2.75) is 31.7 Å². The van der Waals surface area contributed by atoms with Crippen molar-refractivity contribution in [1.82, 2.24) is 9.80 Å². The summed E-state index contributed by atoms with van der Waals surface area (Å²) in [7, 11) is 1.80. The van der Waals surface area contributed by atoms with Gasteiger partial charge < -0.3 is 9.80 Å². The van der Waals surface area contributed by atoms with E-state index in [1.807, 2.05) is 29.2 Å². The molecular weight excluding hydrogens is 300 g/mol. The third-order valence-corrected chi connectivity index (χ3v) is 5.05. The average molecular weight is 321 g/mol. The number of carbonyl (C=O) groups excluding carboxylic acids is 2. The van der Waals surface area contributed by atoms with Crippen LogP contribution in [0, 0.1) is 5.92 Å². The minimum Gasteiger partial charge on any atom is -0.346 e. The highest BCUT2D eigenvalue weighted by atomic mass is 35.5. The Labute approximate surface area is 136 Å². The SMILES string of the molecule is CN1CC[C@H](C(=O)N2CCC[C@H]2c2ccc(Cl)cc2)CC1=O. The van der Waals surface area contributed by atoms with Gasteiger partial charge in [0.05, 0.1) is 6.04 Å². The Bertz CT molecular complexity index is 573. The van der Waals surface area contributed by atoms with Gasteiger partial charge in [0.25, 0.3) is 0 Å². The van der Waals surface area contributed by atoms with Crippen LogP contribution in [-0.4, -0.2) is 41.8 Å². The van der Waals surface area contributed by atoms with Gasteiger partial charge in [-0.1, -0.05) is 23.7 Å². The lowest BCUT2D eigenvalue weighted by molar-refractivity contribution is -0.145. The number of hydrogen-bond donors (Lipinski definition) is 0. The predicted octanol–water partition coefficient (Wildman–Crippen LogP) is 2.87. The molecule has 1 aromatic rings. The van der Waals surface area contributed by atoms with Gasteiger partial charge in [-0.3, -0.25) is 9.59 Å². The Morgan fingerprint density at radius 2 is 1.91 bits per heavy atom. The second-order valence-electron chi connectivity index (χ2n) is 6.25. The number of rotatable bonds is 2. The monoisotopic (exact) mass is 320 g/mol. The Kier molecular flexibility index (Phi) is 4.39. The summed E-state index contributed by atoms with van der Waals surface area (Å²) in [6.45, 7) is 1.46. The van der Waals surface area contributed by atoms with Crippen molar-refractivity contribution in [3.8, 4) is 0 Å². The standard InChI is InChI=1S/C17H21ClN2O2/c1-19-10-8-13(11-16(19)21)17(22)20-9-2-3-15(20)12-4-6-14(18)7-5-12/h4-7,13,15H,2-3,8-11H2,1H3/t13-,15-/m0/s1. The van der Waals surface area contributed by atoms with Crippen LogP contribution in [0.1, 0.15) is 37.3 Å². The number of benzene rings is 1. The van der Waals surface area contributed by atoms with E-state index in [1.54, 1.807) is 11.9 Å². The largest absolute Gasteiger partial charge is 0.346 e. The second-order valence-corrected chi connectivity index (χ2v) is 6.68. The van der Waals surface area contributed by atoms with Crippen LogP contribution >= 0.6 is 11.6 Å². The third-order valence-electron chi connectivity index (χ3n) is 4.80. The fraction of sp³-hybridized carbons (Fsp3) is 0.529. The number of halogens is 1. The van der Waals surface area contributed by atoms with Crippen LogP contribution in [0.2, 0.25) is 5.02 Å². The highest BCUT2D eigenvalue weighted by Gasteiger charge is 2.36. The summed E-state index contributed by atoms with van der Waals surface area (Å²) >= 11 is 5.95. The van der Waals surface area contributed by atoms with Crippen LogP contribution < -0.4 is 0 Å². The maximum absolute atomic E-state index is 12.8. The average Bonchev–Trinajstić information content (AvgIpc) is 2.99. The molecule has 0 aromatic heterocycles. The molecule has 0 radical (unpaired) electrons. The molecule has 5 heteroatoms. The summed E-state index contributed by atoms with van der Waals surface area (Å²) in [5.74, 6) is 0.0577. The molecular formula is C17H21ClN2O2. The van der Waals surface area contributed by atoms with Crippen molar-refractivity contribution < 1.29 is 9.59 Å². The van der Waals surface area contributed by atoms with Crippen molar-refractivity contribution in [3.05, 3.63) is 34.9 Å². The summed E-state index contributed by atoms with van der Waals surface area (Å²) in [5.41, 5.74) is 1.13. The summed E-state index contributed by atoms with van der Waals surface area (Å²) in [5, 5.41) is 0.709. The number of carbonyl (C=O) groups is 2. The second kappa shape index (κ2) is 6.29. The molecule has 1 aromatic carbocycles. The van der Waals surface area contributed by atoms with E-state index in [0.29, 0.717) is 18.0 Å². The Hall–Kier alpha value is -1.55. The van der Waals surface area contributed by atoms with E-state index < -0.39 is 0 Å². The zero-order chi connectivity index (χ0) is 15.7. The van der Waals surface area contributed by atoms with E-state index in [1.165, 1.54) is 0 Å². The highest BCUT2D eigenvalue weighted by molar-refractivity contribution is 6.30. The van der Waals surface area contributed by atoms with Gasteiger partial charge >= 0.3 is 0 Å². The first-order chi connectivity index (χ1) is 10.6. The Morgan fingerprint density at radius 1 is 1.18 bits per heavy atom. The summed E-state index contributed by atoms with van der Waals surface area (Å²) < 4.78 is 0. The molecule has 0 spiro atoms. The van der Waals surface area contributed by atoms with E-state index in [-0.39, 0.29) is 23.8 Å². The molecule has 0 N–H and O–H groups in total. The zero-order valence-electron chi connectivity index (χ0n) is 12.8. The maximum atomic E-state index is 12.8. The lowest BCUT2D eigenvalue weighted by atomic mass is 9.94. The van der Waals surface area contributed by atoms with E-state index in [2.05, 4.69) is 0 Å². The van der Waals surface area contributed by atoms with E-state index >= 15 is 0 Å². The number of piperidine rings is 1. The van der Waals surface area contributed by atoms with Gasteiger partial charge in [0.15, 0.2) is 0 Å². The Balaban J connectivity index is 1.74. The lowest BCUT2D eigenvalue weighted by Gasteiger charge is -2.33. The molecule has 118 valence electrons. The maximum Gasteiger partial charge on any atom is 0.226 e. The predicted molar refractivity (Wildman–Crippen MR) is 85.5 cm³/mol. The summed E-state index contributed by atoms with van der Waals surface area (Å²) in [4.78, 5) is 28.4. The normalized spacial score (nSPS) is 25.6. The van der Waals surface area contributed by atoms with Crippen molar-refractivity contribution in [2.75, 3.05) is 20.1 Å². The van der Waals surface area contributed by atoms with Crippen LogP contribution in [0.4, 0.5) is 0 Å².